The Morgan fingerprint density at radius 3 is 1.06 bits per heavy atom. The number of aryl methyl sites for hydroxylation is 4. The number of pyridine rings is 2. The number of unbranched alkanes of at least 4 members (excludes halogenated alkanes) is 7. The summed E-state index contributed by atoms with van der Waals surface area (Å²) in [7, 11) is -9.89. The first-order chi connectivity index (χ1) is 15.7. The lowest BCUT2D eigenvalue weighted by atomic mass is 10.1. The molecule has 0 radical (unpaired) electrons. The lowest BCUT2D eigenvalue weighted by molar-refractivity contribution is -2.00. The smallest absolute Gasteiger partial charge is 0.171 e. The van der Waals surface area contributed by atoms with Crippen LogP contribution in [0.25, 0.3) is 0 Å². The van der Waals surface area contributed by atoms with E-state index in [1.54, 1.807) is 0 Å². The molecule has 0 atom stereocenters. The summed E-state index contributed by atoms with van der Waals surface area (Å²) in [6.07, 6.45) is 19.7. The highest BCUT2D eigenvalue weighted by Gasteiger charge is 2.01. The number of hydrogen-bond donors (Lipinski definition) is 0. The Hall–Kier alpha value is -1.44. The van der Waals surface area contributed by atoms with Crippen LogP contribution in [0.4, 0.5) is 0 Å². The second-order valence-electron chi connectivity index (χ2n) is 7.82. The van der Waals surface area contributed by atoms with Crippen molar-refractivity contribution in [3.63, 3.8) is 0 Å². The summed E-state index contributed by atoms with van der Waals surface area (Å²) < 4.78 is 72.6. The maximum Gasteiger partial charge on any atom is 0.171 e. The molecule has 2 rings (SSSR count). The van der Waals surface area contributed by atoms with Crippen LogP contribution in [-0.2, 0) is 13.1 Å². The van der Waals surface area contributed by atoms with E-state index >= 15 is 0 Å². The van der Waals surface area contributed by atoms with Crippen LogP contribution >= 0.6 is 0 Å². The van der Waals surface area contributed by atoms with Crippen LogP contribution in [0.15, 0.2) is 49.1 Å². The van der Waals surface area contributed by atoms with Crippen LogP contribution < -0.4 is 46.4 Å². The van der Waals surface area contributed by atoms with Crippen molar-refractivity contribution >= 4 is 0 Å². The van der Waals surface area contributed by atoms with Gasteiger partial charge in [0.05, 0.1) is 0 Å². The highest BCUT2D eigenvalue weighted by atomic mass is 35.7. The Labute approximate surface area is 205 Å². The summed E-state index contributed by atoms with van der Waals surface area (Å²) in [5.74, 6) is 0. The zero-order chi connectivity index (χ0) is 26.0. The van der Waals surface area contributed by atoms with Crippen molar-refractivity contribution < 1.29 is 66.9 Å². The number of nitrogens with zero attached hydrogens (tertiary/aromatic N) is 2. The standard InChI is InChI=1S/C22H34N2.2ClHO4/c1-21-13-11-17-23(19-21)15-9-7-5-3-4-6-8-10-16-24-18-12-14-22(2)20-24;2*2-1(3,4)5/h11-14,17-20H,3-10,15-16H2,1-2H3;2*(H,2,3,4,5)/q+2;;/p-2. The monoisotopic (exact) mass is 524 g/mol. The molecular formula is C22H34Cl2N2O8. The summed E-state index contributed by atoms with van der Waals surface area (Å²) in [6.45, 7) is 6.65. The van der Waals surface area contributed by atoms with Crippen molar-refractivity contribution in [2.24, 2.45) is 0 Å². The lowest BCUT2D eigenvalue weighted by Gasteiger charge is -2.17. The van der Waals surface area contributed by atoms with E-state index in [1.165, 1.54) is 62.5 Å². The molecule has 2 aromatic heterocycles. The van der Waals surface area contributed by atoms with Gasteiger partial charge < -0.3 is 0 Å². The predicted molar refractivity (Wildman–Crippen MR) is 99.7 cm³/mol. The third-order valence-corrected chi connectivity index (χ3v) is 4.59. The summed E-state index contributed by atoms with van der Waals surface area (Å²) in [4.78, 5) is 0. The quantitative estimate of drug-likeness (QED) is 0.206. The summed E-state index contributed by atoms with van der Waals surface area (Å²) in [6, 6.07) is 8.61. The predicted octanol–water partition coefficient (Wildman–Crippen LogP) is -4.81. The molecule has 0 aromatic carbocycles. The van der Waals surface area contributed by atoms with Gasteiger partial charge in [-0.1, -0.05) is 25.7 Å². The van der Waals surface area contributed by atoms with Crippen molar-refractivity contribution in [2.75, 3.05) is 0 Å². The van der Waals surface area contributed by atoms with Crippen LogP contribution in [0.5, 0.6) is 0 Å². The molecule has 0 amide bonds. The Morgan fingerprint density at radius 2 is 0.794 bits per heavy atom. The SMILES string of the molecule is Cc1ccc[n+](CCCCCCCCCC[n+]2cccc(C)c2)c1.[O-][Cl+3]([O-])([O-])[O-].[O-][Cl+3]([O-])([O-])[O-]. The van der Waals surface area contributed by atoms with E-state index in [0.717, 1.165) is 13.1 Å². The first kappa shape index (κ1) is 32.6. The van der Waals surface area contributed by atoms with Gasteiger partial charge in [0.1, 0.15) is 13.1 Å². The summed E-state index contributed by atoms with van der Waals surface area (Å²) in [5, 5.41) is 0. The van der Waals surface area contributed by atoms with Crippen LogP contribution in [0.1, 0.15) is 62.5 Å². The number of hydrogen-bond acceptors (Lipinski definition) is 8. The molecule has 12 heteroatoms. The van der Waals surface area contributed by atoms with Crippen LogP contribution in [-0.4, -0.2) is 0 Å². The van der Waals surface area contributed by atoms with Gasteiger partial charge in [0.2, 0.25) is 0 Å². The van der Waals surface area contributed by atoms with E-state index in [0.29, 0.717) is 0 Å². The van der Waals surface area contributed by atoms with Gasteiger partial charge in [-0.2, -0.15) is 0 Å². The molecular weight excluding hydrogens is 491 g/mol. The number of rotatable bonds is 11. The van der Waals surface area contributed by atoms with E-state index < -0.39 is 20.5 Å². The topological polar surface area (TPSA) is 192 Å². The maximum atomic E-state index is 8.49. The van der Waals surface area contributed by atoms with E-state index in [2.05, 4.69) is 72.0 Å². The first-order valence-corrected chi connectivity index (χ1v) is 13.4. The van der Waals surface area contributed by atoms with Gasteiger partial charge in [-0.3, -0.25) is 0 Å². The molecule has 0 aliphatic rings. The summed E-state index contributed by atoms with van der Waals surface area (Å²) in [5.41, 5.74) is 2.70. The van der Waals surface area contributed by atoms with Gasteiger partial charge in [0.25, 0.3) is 0 Å². The fraction of sp³-hybridized carbons (Fsp3) is 0.545. The van der Waals surface area contributed by atoms with Crippen molar-refractivity contribution in [3.8, 4) is 0 Å². The zero-order valence-corrected chi connectivity index (χ0v) is 21.1. The van der Waals surface area contributed by atoms with Gasteiger partial charge >= 0.3 is 0 Å². The molecule has 0 fully saturated rings. The number of aromatic nitrogens is 2. The minimum atomic E-state index is -4.94. The second-order valence-corrected chi connectivity index (χ2v) is 9.33. The average Bonchev–Trinajstić information content (AvgIpc) is 2.67. The molecule has 0 saturated carbocycles. The third kappa shape index (κ3) is 26.8. The molecule has 0 saturated heterocycles. The van der Waals surface area contributed by atoms with E-state index in [-0.39, 0.29) is 0 Å². The zero-order valence-electron chi connectivity index (χ0n) is 19.6. The Kier molecular flexibility index (Phi) is 17.2. The highest BCUT2D eigenvalue weighted by Crippen LogP contribution is 2.08. The fourth-order valence-electron chi connectivity index (χ4n) is 3.23. The Bertz CT molecular complexity index is 708. The minimum absolute atomic E-state index is 1.16. The molecule has 0 bridgehead atoms. The van der Waals surface area contributed by atoms with Gasteiger partial charge in [0.15, 0.2) is 24.8 Å². The van der Waals surface area contributed by atoms with Gasteiger partial charge in [-0.25, -0.2) is 46.4 Å². The molecule has 2 heterocycles. The number of halogens is 2. The van der Waals surface area contributed by atoms with Crippen LogP contribution in [0.3, 0.4) is 0 Å². The largest absolute Gasteiger partial charge is 0.222 e. The lowest BCUT2D eigenvalue weighted by Crippen LogP contribution is -2.68. The van der Waals surface area contributed by atoms with Crippen molar-refractivity contribution in [2.45, 2.75) is 78.3 Å². The third-order valence-electron chi connectivity index (χ3n) is 4.59. The molecule has 0 spiro atoms. The minimum Gasteiger partial charge on any atom is -0.222 e. The van der Waals surface area contributed by atoms with E-state index in [4.69, 9.17) is 37.3 Å². The highest BCUT2D eigenvalue weighted by molar-refractivity contribution is 5.01. The van der Waals surface area contributed by atoms with E-state index in [9.17, 15) is 0 Å². The second kappa shape index (κ2) is 17.9. The van der Waals surface area contributed by atoms with Gasteiger partial charge in [0, 0.05) is 36.1 Å². The molecule has 34 heavy (non-hydrogen) atoms. The van der Waals surface area contributed by atoms with Crippen LogP contribution in [0, 0.1) is 34.3 Å². The van der Waals surface area contributed by atoms with Crippen molar-refractivity contribution in [1.29, 1.82) is 0 Å². The van der Waals surface area contributed by atoms with Crippen LogP contribution in [0.2, 0.25) is 0 Å². The van der Waals surface area contributed by atoms with Gasteiger partial charge in [-0.05, 0) is 38.8 Å². The first-order valence-electron chi connectivity index (χ1n) is 10.9. The normalized spacial score (nSPS) is 11.2. The van der Waals surface area contributed by atoms with E-state index in [1.807, 2.05) is 0 Å². The molecule has 0 aliphatic heterocycles. The molecule has 2 aromatic rings. The van der Waals surface area contributed by atoms with Crippen molar-refractivity contribution in [1.82, 2.24) is 0 Å². The molecule has 0 aliphatic carbocycles. The average molecular weight is 525 g/mol. The van der Waals surface area contributed by atoms with Gasteiger partial charge in [-0.15, -0.1) is 20.5 Å². The Balaban J connectivity index is 0.000000916. The molecule has 0 unspecified atom stereocenters. The summed E-state index contributed by atoms with van der Waals surface area (Å²) >= 11 is 0. The Morgan fingerprint density at radius 1 is 0.529 bits per heavy atom. The molecule has 194 valence electrons. The fourth-order valence-corrected chi connectivity index (χ4v) is 3.23. The molecule has 10 nitrogen and oxygen atoms in total. The molecule has 0 N–H and O–H groups in total. The maximum absolute atomic E-state index is 8.49. The van der Waals surface area contributed by atoms with Crippen molar-refractivity contribution in [3.05, 3.63) is 60.2 Å².